The van der Waals surface area contributed by atoms with Crippen molar-refractivity contribution in [3.05, 3.63) is 65.2 Å². The van der Waals surface area contributed by atoms with Crippen LogP contribution in [0.3, 0.4) is 0 Å². The van der Waals surface area contributed by atoms with Gasteiger partial charge in [0.1, 0.15) is 5.75 Å². The van der Waals surface area contributed by atoms with Crippen LogP contribution in [0, 0.1) is 0 Å². The van der Waals surface area contributed by atoms with Gasteiger partial charge in [-0.25, -0.2) is 0 Å². The van der Waals surface area contributed by atoms with Gasteiger partial charge >= 0.3 is 0 Å². The van der Waals surface area contributed by atoms with Crippen molar-refractivity contribution >= 4 is 11.8 Å². The number of rotatable bonds is 5. The molecule has 0 aromatic heterocycles. The Hall–Kier alpha value is -2.66. The molecule has 2 aromatic rings. The standard InChI is InChI=1S/C22H24N2O3/c25-18-8-6-16(7-9-18)17-10-14-23(15-11-17)12-3-13-24-21(26)19-4-1-2-5-20(19)22(24)27/h1-2,4-9,17,25H,3,10-15H2. The van der Waals surface area contributed by atoms with Crippen molar-refractivity contribution in [1.29, 1.82) is 0 Å². The first kappa shape index (κ1) is 17.7. The number of hydrogen-bond acceptors (Lipinski definition) is 4. The summed E-state index contributed by atoms with van der Waals surface area (Å²) in [5, 5.41) is 9.42. The second-order valence-electron chi connectivity index (χ2n) is 7.37. The summed E-state index contributed by atoms with van der Waals surface area (Å²) in [7, 11) is 0. The van der Waals surface area contributed by atoms with E-state index in [9.17, 15) is 14.7 Å². The maximum Gasteiger partial charge on any atom is 0.261 e. The summed E-state index contributed by atoms with van der Waals surface area (Å²) >= 11 is 0. The lowest BCUT2D eigenvalue weighted by molar-refractivity contribution is 0.0645. The molecule has 0 saturated carbocycles. The molecular weight excluding hydrogens is 340 g/mol. The Bertz CT molecular complexity index is 804. The van der Waals surface area contributed by atoms with Crippen molar-refractivity contribution in [3.63, 3.8) is 0 Å². The van der Waals surface area contributed by atoms with Gasteiger partial charge in [0.2, 0.25) is 0 Å². The number of nitrogens with zero attached hydrogens (tertiary/aromatic N) is 2. The highest BCUT2D eigenvalue weighted by Crippen LogP contribution is 2.29. The van der Waals surface area contributed by atoms with E-state index >= 15 is 0 Å². The van der Waals surface area contributed by atoms with E-state index in [4.69, 9.17) is 0 Å². The quantitative estimate of drug-likeness (QED) is 0.828. The minimum absolute atomic E-state index is 0.165. The Balaban J connectivity index is 1.25. The molecule has 0 radical (unpaired) electrons. The lowest BCUT2D eigenvalue weighted by Crippen LogP contribution is -2.37. The van der Waals surface area contributed by atoms with Crippen LogP contribution in [0.15, 0.2) is 48.5 Å². The van der Waals surface area contributed by atoms with Crippen molar-refractivity contribution in [2.24, 2.45) is 0 Å². The van der Waals surface area contributed by atoms with Gasteiger partial charge in [-0.2, -0.15) is 0 Å². The van der Waals surface area contributed by atoms with E-state index in [0.717, 1.165) is 38.9 Å². The number of fused-ring (bicyclic) bond motifs is 1. The molecule has 0 aliphatic carbocycles. The zero-order chi connectivity index (χ0) is 18.8. The van der Waals surface area contributed by atoms with Crippen LogP contribution in [0.5, 0.6) is 5.75 Å². The molecule has 0 spiro atoms. The highest BCUT2D eigenvalue weighted by atomic mass is 16.3. The largest absolute Gasteiger partial charge is 0.508 e. The van der Waals surface area contributed by atoms with Crippen LogP contribution in [0.1, 0.15) is 51.5 Å². The number of carbonyl (C=O) groups excluding carboxylic acids is 2. The number of imide groups is 1. The molecule has 2 amide bonds. The molecule has 5 heteroatoms. The maximum absolute atomic E-state index is 12.4. The number of carbonyl (C=O) groups is 2. The van der Waals surface area contributed by atoms with Gasteiger partial charge < -0.3 is 10.0 Å². The van der Waals surface area contributed by atoms with E-state index in [1.165, 1.54) is 10.5 Å². The molecule has 0 atom stereocenters. The van der Waals surface area contributed by atoms with Gasteiger partial charge in [-0.3, -0.25) is 14.5 Å². The Morgan fingerprint density at radius 2 is 1.44 bits per heavy atom. The smallest absolute Gasteiger partial charge is 0.261 e. The van der Waals surface area contributed by atoms with Gasteiger partial charge in [-0.1, -0.05) is 24.3 Å². The number of aromatic hydroxyl groups is 1. The normalized spacial score (nSPS) is 18.1. The van der Waals surface area contributed by atoms with Gasteiger partial charge in [-0.05, 0) is 74.6 Å². The van der Waals surface area contributed by atoms with E-state index < -0.39 is 0 Å². The SMILES string of the molecule is O=C1c2ccccc2C(=O)N1CCCN1CCC(c2ccc(O)cc2)CC1. The van der Waals surface area contributed by atoms with E-state index in [1.807, 2.05) is 12.1 Å². The molecule has 0 bridgehead atoms. The van der Waals surface area contributed by atoms with Crippen LogP contribution in [-0.4, -0.2) is 52.9 Å². The van der Waals surface area contributed by atoms with Crippen LogP contribution in [0.2, 0.25) is 0 Å². The van der Waals surface area contributed by atoms with Crippen molar-refractivity contribution in [2.45, 2.75) is 25.2 Å². The number of phenolic OH excluding ortho intramolecular Hbond substituents is 1. The van der Waals surface area contributed by atoms with Gasteiger partial charge in [0.05, 0.1) is 11.1 Å². The number of benzene rings is 2. The van der Waals surface area contributed by atoms with Crippen molar-refractivity contribution in [2.75, 3.05) is 26.2 Å². The summed E-state index contributed by atoms with van der Waals surface area (Å²) in [4.78, 5) is 28.6. The molecular formula is C22H24N2O3. The maximum atomic E-state index is 12.4. The van der Waals surface area contributed by atoms with Crippen molar-refractivity contribution in [1.82, 2.24) is 9.80 Å². The second kappa shape index (κ2) is 7.53. The Morgan fingerprint density at radius 3 is 2.04 bits per heavy atom. The fourth-order valence-corrected chi connectivity index (χ4v) is 4.13. The topological polar surface area (TPSA) is 60.9 Å². The molecule has 5 nitrogen and oxygen atoms in total. The highest BCUT2D eigenvalue weighted by Gasteiger charge is 2.34. The lowest BCUT2D eigenvalue weighted by atomic mass is 9.89. The molecule has 1 saturated heterocycles. The summed E-state index contributed by atoms with van der Waals surface area (Å²) in [6.45, 7) is 3.42. The number of hydrogen-bond donors (Lipinski definition) is 1. The van der Waals surface area contributed by atoms with Gasteiger partial charge in [0.15, 0.2) is 0 Å². The van der Waals surface area contributed by atoms with Gasteiger partial charge in [-0.15, -0.1) is 0 Å². The third-order valence-electron chi connectivity index (χ3n) is 5.69. The van der Waals surface area contributed by atoms with Crippen LogP contribution < -0.4 is 0 Å². The average Bonchev–Trinajstić information content (AvgIpc) is 2.94. The van der Waals surface area contributed by atoms with E-state index in [1.54, 1.807) is 36.4 Å². The molecule has 0 unspecified atom stereocenters. The molecule has 2 aliphatic rings. The average molecular weight is 364 g/mol. The summed E-state index contributed by atoms with van der Waals surface area (Å²) in [5.74, 6) is 0.519. The summed E-state index contributed by atoms with van der Waals surface area (Å²) in [6.07, 6.45) is 2.99. The predicted octanol–water partition coefficient (Wildman–Crippen LogP) is 3.26. The summed E-state index contributed by atoms with van der Waals surface area (Å²) < 4.78 is 0. The number of likely N-dealkylation sites (tertiary alicyclic amines) is 1. The molecule has 4 rings (SSSR count). The monoisotopic (exact) mass is 364 g/mol. The Labute approximate surface area is 159 Å². The lowest BCUT2D eigenvalue weighted by Gasteiger charge is -2.32. The van der Waals surface area contributed by atoms with Crippen LogP contribution >= 0.6 is 0 Å². The molecule has 1 fully saturated rings. The van der Waals surface area contributed by atoms with Crippen LogP contribution in [-0.2, 0) is 0 Å². The summed E-state index contributed by atoms with van der Waals surface area (Å²) in [6, 6.07) is 14.6. The first-order valence-electron chi connectivity index (χ1n) is 9.60. The van der Waals surface area contributed by atoms with Gasteiger partial charge in [0.25, 0.3) is 11.8 Å². The van der Waals surface area contributed by atoms with Crippen molar-refractivity contribution in [3.8, 4) is 5.75 Å². The minimum atomic E-state index is -0.165. The number of amides is 2. The second-order valence-corrected chi connectivity index (χ2v) is 7.37. The fraction of sp³-hybridized carbons (Fsp3) is 0.364. The number of piperidine rings is 1. The van der Waals surface area contributed by atoms with Crippen molar-refractivity contribution < 1.29 is 14.7 Å². The van der Waals surface area contributed by atoms with E-state index in [0.29, 0.717) is 29.3 Å². The zero-order valence-electron chi connectivity index (χ0n) is 15.3. The van der Waals surface area contributed by atoms with E-state index in [-0.39, 0.29) is 11.8 Å². The summed E-state index contributed by atoms with van der Waals surface area (Å²) in [5.41, 5.74) is 2.34. The Morgan fingerprint density at radius 1 is 0.852 bits per heavy atom. The van der Waals surface area contributed by atoms with Crippen LogP contribution in [0.4, 0.5) is 0 Å². The fourth-order valence-electron chi connectivity index (χ4n) is 4.13. The molecule has 27 heavy (non-hydrogen) atoms. The molecule has 1 N–H and O–H groups in total. The first-order chi connectivity index (χ1) is 13.1. The molecule has 140 valence electrons. The molecule has 2 heterocycles. The first-order valence-corrected chi connectivity index (χ1v) is 9.60. The predicted molar refractivity (Wildman–Crippen MR) is 103 cm³/mol. The van der Waals surface area contributed by atoms with Gasteiger partial charge in [0, 0.05) is 6.54 Å². The third-order valence-corrected chi connectivity index (χ3v) is 5.69. The van der Waals surface area contributed by atoms with E-state index in [2.05, 4.69) is 4.90 Å². The number of phenols is 1. The molecule has 2 aliphatic heterocycles. The Kier molecular flexibility index (Phi) is 4.94. The highest BCUT2D eigenvalue weighted by molar-refractivity contribution is 6.21. The molecule has 2 aromatic carbocycles. The zero-order valence-corrected chi connectivity index (χ0v) is 15.3. The minimum Gasteiger partial charge on any atom is -0.508 e. The van der Waals surface area contributed by atoms with Crippen LogP contribution in [0.25, 0.3) is 0 Å². The third kappa shape index (κ3) is 3.60.